The highest BCUT2D eigenvalue weighted by atomic mass is 16.5. The molecule has 0 bridgehead atoms. The van der Waals surface area contributed by atoms with E-state index in [0.29, 0.717) is 12.5 Å². The maximum Gasteiger partial charge on any atom is 0.327 e. The van der Waals surface area contributed by atoms with E-state index in [1.807, 2.05) is 6.92 Å². The first-order valence-electron chi connectivity index (χ1n) is 6.87. The normalized spacial score (nSPS) is 14.9. The number of nitrogens with zero attached hydrogens (tertiary/aromatic N) is 1. The van der Waals surface area contributed by atoms with Crippen molar-refractivity contribution in [1.29, 1.82) is 0 Å². The van der Waals surface area contributed by atoms with Gasteiger partial charge in [-0.3, -0.25) is 4.79 Å². The van der Waals surface area contributed by atoms with Crippen LogP contribution in [0.2, 0.25) is 0 Å². The number of rotatable bonds is 9. The molecule has 0 aliphatic heterocycles. The van der Waals surface area contributed by atoms with Gasteiger partial charge in [-0.05, 0) is 45.8 Å². The Morgan fingerprint density at radius 1 is 1.44 bits per heavy atom. The topological polar surface area (TPSA) is 41.6 Å². The molecular weight excluding hydrogens is 228 g/mol. The average molecular weight is 258 g/mol. The quantitative estimate of drug-likeness (QED) is 0.641. The highest BCUT2D eigenvalue weighted by Gasteiger charge is 2.34. The second-order valence-electron chi connectivity index (χ2n) is 5.67. The van der Waals surface area contributed by atoms with E-state index in [-0.39, 0.29) is 5.97 Å². The summed E-state index contributed by atoms with van der Waals surface area (Å²) in [6.45, 7) is 10.9. The third-order valence-electron chi connectivity index (χ3n) is 3.08. The molecule has 1 atom stereocenters. The van der Waals surface area contributed by atoms with Gasteiger partial charge in [-0.25, -0.2) is 0 Å². The maximum atomic E-state index is 11.9. The minimum Gasteiger partial charge on any atom is -0.468 e. The van der Waals surface area contributed by atoms with Crippen LogP contribution < -0.4 is 5.32 Å². The lowest BCUT2D eigenvalue weighted by Crippen LogP contribution is -2.57. The van der Waals surface area contributed by atoms with Crippen LogP contribution in [0.5, 0.6) is 0 Å². The van der Waals surface area contributed by atoms with Crippen LogP contribution >= 0.6 is 0 Å². The van der Waals surface area contributed by atoms with E-state index in [1.54, 1.807) is 0 Å². The van der Waals surface area contributed by atoms with Crippen LogP contribution in [0.15, 0.2) is 0 Å². The van der Waals surface area contributed by atoms with Crippen molar-refractivity contribution in [2.24, 2.45) is 5.92 Å². The summed E-state index contributed by atoms with van der Waals surface area (Å²) in [6, 6.07) is 0. The van der Waals surface area contributed by atoms with Crippen LogP contribution in [0.25, 0.3) is 0 Å². The average Bonchev–Trinajstić information content (AvgIpc) is 2.32. The third-order valence-corrected chi connectivity index (χ3v) is 3.08. The molecular formula is C14H30N2O2. The van der Waals surface area contributed by atoms with Gasteiger partial charge in [0.2, 0.25) is 0 Å². The van der Waals surface area contributed by atoms with Gasteiger partial charge in [0, 0.05) is 6.54 Å². The van der Waals surface area contributed by atoms with Crippen molar-refractivity contribution < 1.29 is 9.53 Å². The number of ether oxygens (including phenoxy) is 1. The van der Waals surface area contributed by atoms with Crippen molar-refractivity contribution in [2.75, 3.05) is 33.8 Å². The van der Waals surface area contributed by atoms with Gasteiger partial charge < -0.3 is 15.0 Å². The summed E-state index contributed by atoms with van der Waals surface area (Å²) in [7, 11) is 3.50. The largest absolute Gasteiger partial charge is 0.468 e. The van der Waals surface area contributed by atoms with Gasteiger partial charge in [0.1, 0.15) is 5.54 Å². The Morgan fingerprint density at radius 3 is 2.50 bits per heavy atom. The Bertz CT molecular complexity index is 244. The van der Waals surface area contributed by atoms with Crippen LogP contribution in [0.1, 0.15) is 40.5 Å². The minimum absolute atomic E-state index is 0.188. The first kappa shape index (κ1) is 17.4. The van der Waals surface area contributed by atoms with Crippen LogP contribution in [0.4, 0.5) is 0 Å². The lowest BCUT2D eigenvalue weighted by atomic mass is 10.0. The van der Waals surface area contributed by atoms with Gasteiger partial charge in [0.25, 0.3) is 0 Å². The number of nitrogens with one attached hydrogen (secondary N) is 1. The van der Waals surface area contributed by atoms with E-state index in [2.05, 4.69) is 38.0 Å². The summed E-state index contributed by atoms with van der Waals surface area (Å²) < 4.78 is 4.91. The molecule has 0 radical (unpaired) electrons. The SMILES string of the molecule is CCCNC(C)(CN(C)CCC(C)C)C(=O)OC. The van der Waals surface area contributed by atoms with E-state index in [1.165, 1.54) is 7.11 Å². The third kappa shape index (κ3) is 6.36. The molecule has 0 spiro atoms. The fourth-order valence-electron chi connectivity index (χ4n) is 1.92. The fourth-order valence-corrected chi connectivity index (χ4v) is 1.92. The highest BCUT2D eigenvalue weighted by molar-refractivity contribution is 5.80. The fraction of sp³-hybridized carbons (Fsp3) is 0.929. The molecule has 0 aromatic rings. The van der Waals surface area contributed by atoms with Crippen molar-refractivity contribution >= 4 is 5.97 Å². The first-order chi connectivity index (χ1) is 8.35. The van der Waals surface area contributed by atoms with E-state index >= 15 is 0 Å². The standard InChI is InChI=1S/C14H30N2O2/c1-7-9-15-14(4,13(17)18-6)11-16(5)10-8-12(2)3/h12,15H,7-11H2,1-6H3. The molecule has 0 aromatic carbocycles. The summed E-state index contributed by atoms with van der Waals surface area (Å²) in [6.07, 6.45) is 2.14. The number of hydrogen-bond donors (Lipinski definition) is 1. The summed E-state index contributed by atoms with van der Waals surface area (Å²) in [5.74, 6) is 0.493. The minimum atomic E-state index is -0.615. The zero-order valence-corrected chi connectivity index (χ0v) is 12.9. The van der Waals surface area contributed by atoms with Crippen molar-refractivity contribution in [1.82, 2.24) is 10.2 Å². The number of carbonyl (C=O) groups is 1. The molecule has 0 aliphatic rings. The molecule has 4 nitrogen and oxygen atoms in total. The lowest BCUT2D eigenvalue weighted by Gasteiger charge is -2.32. The van der Waals surface area contributed by atoms with Gasteiger partial charge in [0.15, 0.2) is 0 Å². The van der Waals surface area contributed by atoms with Gasteiger partial charge in [-0.2, -0.15) is 0 Å². The zero-order chi connectivity index (χ0) is 14.2. The predicted molar refractivity (Wildman–Crippen MR) is 75.7 cm³/mol. The summed E-state index contributed by atoms with van der Waals surface area (Å²) >= 11 is 0. The molecule has 1 unspecified atom stereocenters. The molecule has 0 fully saturated rings. The summed E-state index contributed by atoms with van der Waals surface area (Å²) in [5.41, 5.74) is -0.615. The van der Waals surface area contributed by atoms with Gasteiger partial charge in [-0.1, -0.05) is 20.8 Å². The second kappa shape index (κ2) is 8.48. The number of carbonyl (C=O) groups excluding carboxylic acids is 1. The summed E-state index contributed by atoms with van der Waals surface area (Å²) in [5, 5.41) is 3.30. The monoisotopic (exact) mass is 258 g/mol. The van der Waals surface area contributed by atoms with Crippen molar-refractivity contribution in [3.8, 4) is 0 Å². The maximum absolute atomic E-state index is 11.9. The van der Waals surface area contributed by atoms with Crippen LogP contribution in [-0.4, -0.2) is 50.2 Å². The molecule has 0 heterocycles. The van der Waals surface area contributed by atoms with E-state index in [4.69, 9.17) is 4.74 Å². The van der Waals surface area contributed by atoms with Crippen LogP contribution in [0, 0.1) is 5.92 Å². The van der Waals surface area contributed by atoms with Crippen molar-refractivity contribution in [3.63, 3.8) is 0 Å². The molecule has 108 valence electrons. The van der Waals surface area contributed by atoms with Gasteiger partial charge in [-0.15, -0.1) is 0 Å². The van der Waals surface area contributed by atoms with Gasteiger partial charge in [0.05, 0.1) is 7.11 Å². The predicted octanol–water partition coefficient (Wildman–Crippen LogP) is 1.90. The molecule has 0 saturated carbocycles. The molecule has 0 amide bonds. The van der Waals surface area contributed by atoms with Crippen molar-refractivity contribution in [2.45, 2.75) is 46.1 Å². The number of likely N-dealkylation sites (N-methyl/N-ethyl adjacent to an activating group) is 1. The van der Waals surface area contributed by atoms with Gasteiger partial charge >= 0.3 is 5.97 Å². The number of methoxy groups -OCH3 is 1. The molecule has 18 heavy (non-hydrogen) atoms. The number of hydrogen-bond acceptors (Lipinski definition) is 4. The smallest absolute Gasteiger partial charge is 0.327 e. The molecule has 0 aromatic heterocycles. The Morgan fingerprint density at radius 2 is 2.06 bits per heavy atom. The molecule has 0 saturated heterocycles. The lowest BCUT2D eigenvalue weighted by molar-refractivity contribution is -0.148. The Balaban J connectivity index is 4.43. The Labute approximate surface area is 112 Å². The molecule has 0 aliphatic carbocycles. The second-order valence-corrected chi connectivity index (χ2v) is 5.67. The van der Waals surface area contributed by atoms with Crippen LogP contribution in [-0.2, 0) is 9.53 Å². The Kier molecular flexibility index (Phi) is 8.20. The Hall–Kier alpha value is -0.610. The summed E-state index contributed by atoms with van der Waals surface area (Å²) in [4.78, 5) is 14.1. The molecule has 0 rings (SSSR count). The van der Waals surface area contributed by atoms with E-state index < -0.39 is 5.54 Å². The number of esters is 1. The highest BCUT2D eigenvalue weighted by Crippen LogP contribution is 2.10. The van der Waals surface area contributed by atoms with E-state index in [0.717, 1.165) is 25.9 Å². The van der Waals surface area contributed by atoms with Crippen LogP contribution in [0.3, 0.4) is 0 Å². The molecule has 1 N–H and O–H groups in total. The van der Waals surface area contributed by atoms with Crippen molar-refractivity contribution in [3.05, 3.63) is 0 Å². The first-order valence-corrected chi connectivity index (χ1v) is 6.87. The van der Waals surface area contributed by atoms with E-state index in [9.17, 15) is 4.79 Å². The zero-order valence-electron chi connectivity index (χ0n) is 12.9. The molecule has 4 heteroatoms.